The van der Waals surface area contributed by atoms with Crippen LogP contribution in [0.4, 0.5) is 0 Å². The van der Waals surface area contributed by atoms with E-state index in [-0.39, 0.29) is 0 Å². The van der Waals surface area contributed by atoms with Crippen LogP contribution in [0, 0.1) is 11.8 Å². The number of nitrogens with zero attached hydrogens (tertiary/aromatic N) is 1. The van der Waals surface area contributed by atoms with Crippen LogP contribution in [-0.2, 0) is 4.74 Å². The molecule has 0 atom stereocenters. The fourth-order valence-corrected chi connectivity index (χ4v) is 0.642. The average Bonchev–Trinajstić information content (AvgIpc) is 2.01. The van der Waals surface area contributed by atoms with Crippen molar-refractivity contribution in [2.45, 2.75) is 13.3 Å². The zero-order valence-electron chi connectivity index (χ0n) is 7.68. The van der Waals surface area contributed by atoms with Crippen molar-refractivity contribution in [3.8, 4) is 11.8 Å². The molecule has 0 aliphatic heterocycles. The van der Waals surface area contributed by atoms with Gasteiger partial charge in [0, 0.05) is 20.1 Å². The lowest BCUT2D eigenvalue weighted by molar-refractivity contribution is 0.167. The fourth-order valence-electron chi connectivity index (χ4n) is 0.642. The average molecular weight is 155 g/mol. The number of likely N-dealkylation sites (N-methyl/N-ethyl adjacent to an activating group) is 1. The Morgan fingerprint density at radius 2 is 2.09 bits per heavy atom. The largest absolute Gasteiger partial charge is 0.383 e. The molecule has 0 N–H and O–H groups in total. The Hall–Kier alpha value is -0.520. The summed E-state index contributed by atoms with van der Waals surface area (Å²) in [6, 6.07) is 0. The van der Waals surface area contributed by atoms with Crippen LogP contribution in [0.25, 0.3) is 0 Å². The van der Waals surface area contributed by atoms with E-state index in [1.807, 2.05) is 7.05 Å². The van der Waals surface area contributed by atoms with Gasteiger partial charge in [-0.15, -0.1) is 5.92 Å². The van der Waals surface area contributed by atoms with Gasteiger partial charge in [-0.2, -0.15) is 0 Å². The molecule has 0 aromatic heterocycles. The summed E-state index contributed by atoms with van der Waals surface area (Å²) < 4.78 is 4.93. The zero-order chi connectivity index (χ0) is 8.53. The van der Waals surface area contributed by atoms with Gasteiger partial charge in [0.15, 0.2) is 0 Å². The van der Waals surface area contributed by atoms with E-state index in [4.69, 9.17) is 4.74 Å². The SMILES string of the molecule is CCC#CCN(C)CCOC. The van der Waals surface area contributed by atoms with Crippen LogP contribution < -0.4 is 0 Å². The smallest absolute Gasteiger partial charge is 0.0599 e. The molecular formula is C9H17NO. The van der Waals surface area contributed by atoms with Crippen LogP contribution in [0.3, 0.4) is 0 Å². The fraction of sp³-hybridized carbons (Fsp3) is 0.778. The minimum atomic E-state index is 0.782. The second-order valence-electron chi connectivity index (χ2n) is 2.44. The summed E-state index contributed by atoms with van der Waals surface area (Å²) in [4.78, 5) is 2.14. The Morgan fingerprint density at radius 1 is 1.36 bits per heavy atom. The molecule has 0 saturated carbocycles. The maximum Gasteiger partial charge on any atom is 0.0599 e. The minimum Gasteiger partial charge on any atom is -0.383 e. The quantitative estimate of drug-likeness (QED) is 0.561. The summed E-state index contributed by atoms with van der Waals surface area (Å²) in [5.41, 5.74) is 0. The van der Waals surface area contributed by atoms with Crippen molar-refractivity contribution in [2.24, 2.45) is 0 Å². The van der Waals surface area contributed by atoms with Crippen molar-refractivity contribution >= 4 is 0 Å². The van der Waals surface area contributed by atoms with Crippen molar-refractivity contribution in [2.75, 3.05) is 33.9 Å². The van der Waals surface area contributed by atoms with Gasteiger partial charge in [-0.1, -0.05) is 12.8 Å². The first kappa shape index (κ1) is 10.5. The van der Waals surface area contributed by atoms with Gasteiger partial charge in [0.2, 0.25) is 0 Å². The number of ether oxygens (including phenoxy) is 1. The number of hydrogen-bond donors (Lipinski definition) is 0. The lowest BCUT2D eigenvalue weighted by atomic mass is 10.4. The molecule has 0 fully saturated rings. The van der Waals surface area contributed by atoms with Crippen LogP contribution >= 0.6 is 0 Å². The molecule has 0 saturated heterocycles. The highest BCUT2D eigenvalue weighted by Gasteiger charge is 1.92. The third-order valence-electron chi connectivity index (χ3n) is 1.33. The topological polar surface area (TPSA) is 12.5 Å². The van der Waals surface area contributed by atoms with E-state index in [0.29, 0.717) is 0 Å². The van der Waals surface area contributed by atoms with Crippen molar-refractivity contribution in [3.63, 3.8) is 0 Å². The van der Waals surface area contributed by atoms with Gasteiger partial charge < -0.3 is 4.74 Å². The van der Waals surface area contributed by atoms with Crippen LogP contribution in [0.1, 0.15) is 13.3 Å². The van der Waals surface area contributed by atoms with E-state index in [1.165, 1.54) is 0 Å². The Kier molecular flexibility index (Phi) is 7.23. The number of hydrogen-bond acceptors (Lipinski definition) is 2. The van der Waals surface area contributed by atoms with Gasteiger partial charge in [-0.05, 0) is 7.05 Å². The molecule has 0 spiro atoms. The second kappa shape index (κ2) is 7.59. The second-order valence-corrected chi connectivity index (χ2v) is 2.44. The van der Waals surface area contributed by atoms with Crippen LogP contribution in [-0.4, -0.2) is 38.8 Å². The summed E-state index contributed by atoms with van der Waals surface area (Å²) in [6.45, 7) is 4.64. The Balaban J connectivity index is 3.28. The van der Waals surface area contributed by atoms with E-state index in [9.17, 15) is 0 Å². The maximum atomic E-state index is 4.93. The van der Waals surface area contributed by atoms with Crippen LogP contribution in [0.15, 0.2) is 0 Å². The van der Waals surface area contributed by atoms with E-state index in [0.717, 1.165) is 26.1 Å². The lowest BCUT2D eigenvalue weighted by Gasteiger charge is -2.11. The molecule has 0 rings (SSSR count). The van der Waals surface area contributed by atoms with Gasteiger partial charge in [-0.25, -0.2) is 0 Å². The molecule has 0 heterocycles. The summed E-state index contributed by atoms with van der Waals surface area (Å²) in [5, 5.41) is 0. The van der Waals surface area contributed by atoms with Crippen molar-refractivity contribution in [1.82, 2.24) is 4.90 Å². The Bertz CT molecular complexity index is 134. The standard InChI is InChI=1S/C9H17NO/c1-4-5-6-7-10(2)8-9-11-3/h4,7-9H2,1-3H3. The Morgan fingerprint density at radius 3 is 2.64 bits per heavy atom. The molecule has 0 aliphatic rings. The predicted octanol–water partition coefficient (Wildman–Crippen LogP) is 0.978. The van der Waals surface area contributed by atoms with Gasteiger partial charge in [0.25, 0.3) is 0 Å². The summed E-state index contributed by atoms with van der Waals surface area (Å²) in [6.07, 6.45) is 0.943. The van der Waals surface area contributed by atoms with Crippen LogP contribution in [0.5, 0.6) is 0 Å². The van der Waals surface area contributed by atoms with Gasteiger partial charge >= 0.3 is 0 Å². The molecule has 0 unspecified atom stereocenters. The van der Waals surface area contributed by atoms with Gasteiger partial charge in [0.1, 0.15) is 0 Å². The van der Waals surface area contributed by atoms with Crippen LogP contribution in [0.2, 0.25) is 0 Å². The van der Waals surface area contributed by atoms with Crippen molar-refractivity contribution in [3.05, 3.63) is 0 Å². The molecule has 2 nitrogen and oxygen atoms in total. The van der Waals surface area contributed by atoms with Gasteiger partial charge in [-0.3, -0.25) is 4.90 Å². The van der Waals surface area contributed by atoms with E-state index in [2.05, 4.69) is 23.7 Å². The summed E-state index contributed by atoms with van der Waals surface area (Å²) in [5.74, 6) is 6.09. The highest BCUT2D eigenvalue weighted by molar-refractivity contribution is 4.99. The molecule has 0 aromatic rings. The third-order valence-corrected chi connectivity index (χ3v) is 1.33. The normalized spacial score (nSPS) is 9.45. The third kappa shape index (κ3) is 7.38. The summed E-state index contributed by atoms with van der Waals surface area (Å²) in [7, 11) is 3.76. The molecule has 64 valence electrons. The van der Waals surface area contributed by atoms with Crippen molar-refractivity contribution < 1.29 is 4.74 Å². The van der Waals surface area contributed by atoms with E-state index < -0.39 is 0 Å². The minimum absolute atomic E-state index is 0.782. The van der Waals surface area contributed by atoms with E-state index in [1.54, 1.807) is 7.11 Å². The lowest BCUT2D eigenvalue weighted by Crippen LogP contribution is -2.22. The molecule has 0 radical (unpaired) electrons. The zero-order valence-corrected chi connectivity index (χ0v) is 7.68. The molecule has 0 amide bonds. The Labute approximate surface area is 69.5 Å². The molecule has 0 aromatic carbocycles. The first-order valence-corrected chi connectivity index (χ1v) is 3.94. The highest BCUT2D eigenvalue weighted by atomic mass is 16.5. The predicted molar refractivity (Wildman–Crippen MR) is 47.4 cm³/mol. The molecule has 2 heteroatoms. The maximum absolute atomic E-state index is 4.93. The number of rotatable bonds is 4. The number of methoxy groups -OCH3 is 1. The monoisotopic (exact) mass is 155 g/mol. The van der Waals surface area contributed by atoms with E-state index >= 15 is 0 Å². The molecule has 0 bridgehead atoms. The summed E-state index contributed by atoms with van der Waals surface area (Å²) >= 11 is 0. The molecule has 11 heavy (non-hydrogen) atoms. The first-order chi connectivity index (χ1) is 5.31. The highest BCUT2D eigenvalue weighted by Crippen LogP contribution is 1.80. The van der Waals surface area contributed by atoms with Crippen molar-refractivity contribution in [1.29, 1.82) is 0 Å². The molecule has 0 aliphatic carbocycles. The molecular weight excluding hydrogens is 138 g/mol. The van der Waals surface area contributed by atoms with Gasteiger partial charge in [0.05, 0.1) is 13.2 Å². The first-order valence-electron chi connectivity index (χ1n) is 3.94.